The van der Waals surface area contributed by atoms with E-state index >= 15 is 0 Å². The van der Waals surface area contributed by atoms with Crippen molar-refractivity contribution in [2.75, 3.05) is 0 Å². The van der Waals surface area contributed by atoms with E-state index in [1.165, 1.54) is 17.3 Å². The Kier molecular flexibility index (Phi) is 2.91. The van der Waals surface area contributed by atoms with Gasteiger partial charge >= 0.3 is 0 Å². The van der Waals surface area contributed by atoms with Gasteiger partial charge in [0.1, 0.15) is 15.7 Å². The van der Waals surface area contributed by atoms with E-state index in [9.17, 15) is 4.79 Å². The minimum absolute atomic E-state index is 0.118. The van der Waals surface area contributed by atoms with Gasteiger partial charge in [-0.25, -0.2) is 0 Å². The molecular formula is C14H13NO2S2. The minimum Gasteiger partial charge on any atom is -0.487 e. The Morgan fingerprint density at radius 3 is 2.95 bits per heavy atom. The van der Waals surface area contributed by atoms with Gasteiger partial charge in [0.15, 0.2) is 0 Å². The van der Waals surface area contributed by atoms with Crippen LogP contribution in [0.15, 0.2) is 23.1 Å². The number of hydrogen-bond acceptors (Lipinski definition) is 4. The van der Waals surface area contributed by atoms with Crippen LogP contribution in [0.5, 0.6) is 5.75 Å². The Bertz CT molecular complexity index is 620. The molecular weight excluding hydrogens is 278 g/mol. The van der Waals surface area contributed by atoms with E-state index in [4.69, 9.17) is 17.0 Å². The fourth-order valence-electron chi connectivity index (χ4n) is 2.29. The first-order valence-corrected chi connectivity index (χ1v) is 7.22. The number of nitrogens with one attached hydrogen (secondary N) is 1. The molecule has 0 saturated carbocycles. The van der Waals surface area contributed by atoms with Crippen molar-refractivity contribution < 1.29 is 9.53 Å². The number of amides is 1. The Labute approximate surface area is 121 Å². The summed E-state index contributed by atoms with van der Waals surface area (Å²) in [5, 5.41) is 2.62. The maximum Gasteiger partial charge on any atom is 0.263 e. The zero-order chi connectivity index (χ0) is 13.6. The normalized spacial score (nSPS) is 22.3. The molecule has 0 bridgehead atoms. The molecule has 98 valence electrons. The zero-order valence-corrected chi connectivity index (χ0v) is 12.3. The molecule has 3 nitrogen and oxygen atoms in total. The second-order valence-corrected chi connectivity index (χ2v) is 6.98. The first-order chi connectivity index (χ1) is 8.93. The smallest absolute Gasteiger partial charge is 0.263 e. The highest BCUT2D eigenvalue weighted by molar-refractivity contribution is 8.26. The highest BCUT2D eigenvalue weighted by Gasteiger charge is 2.30. The van der Waals surface area contributed by atoms with Crippen molar-refractivity contribution in [2.45, 2.75) is 25.9 Å². The van der Waals surface area contributed by atoms with Gasteiger partial charge < -0.3 is 10.1 Å². The van der Waals surface area contributed by atoms with Crippen LogP contribution < -0.4 is 10.1 Å². The van der Waals surface area contributed by atoms with Crippen molar-refractivity contribution in [1.29, 1.82) is 0 Å². The molecule has 2 heterocycles. The summed E-state index contributed by atoms with van der Waals surface area (Å²) in [6.07, 6.45) is 2.75. The molecule has 1 saturated heterocycles. The van der Waals surface area contributed by atoms with Crippen LogP contribution in [0.3, 0.4) is 0 Å². The first-order valence-electron chi connectivity index (χ1n) is 6.00. The van der Waals surface area contributed by atoms with E-state index in [1.54, 1.807) is 0 Å². The SMILES string of the molecule is CC1(C)Cc2cc(/C=C3/SC(=S)NC3=O)ccc2O1. The number of thioether (sulfide) groups is 1. The molecule has 1 N–H and O–H groups in total. The molecule has 0 radical (unpaired) electrons. The van der Waals surface area contributed by atoms with Gasteiger partial charge in [-0.2, -0.15) is 0 Å². The third kappa shape index (κ3) is 2.53. The molecule has 0 aromatic heterocycles. The molecule has 1 amide bonds. The van der Waals surface area contributed by atoms with Gasteiger partial charge in [-0.1, -0.05) is 30.0 Å². The number of carbonyl (C=O) groups is 1. The molecule has 1 fully saturated rings. The fraction of sp³-hybridized carbons (Fsp3) is 0.286. The quantitative estimate of drug-likeness (QED) is 0.638. The first kappa shape index (κ1) is 12.7. The number of benzene rings is 1. The lowest BCUT2D eigenvalue weighted by atomic mass is 10.00. The van der Waals surface area contributed by atoms with Gasteiger partial charge in [-0.15, -0.1) is 0 Å². The molecule has 2 aliphatic heterocycles. The van der Waals surface area contributed by atoms with Crippen LogP contribution in [0.1, 0.15) is 25.0 Å². The standard InChI is InChI=1S/C14H13NO2S2/c1-14(2)7-9-5-8(3-4-10(9)17-14)6-11-12(16)15-13(18)19-11/h3-6H,7H2,1-2H3,(H,15,16,18)/b11-6+. The summed E-state index contributed by atoms with van der Waals surface area (Å²) in [6, 6.07) is 6.00. The maximum atomic E-state index is 11.6. The monoisotopic (exact) mass is 291 g/mol. The van der Waals surface area contributed by atoms with Gasteiger partial charge in [-0.3, -0.25) is 4.79 Å². The summed E-state index contributed by atoms with van der Waals surface area (Å²) < 4.78 is 6.35. The lowest BCUT2D eigenvalue weighted by molar-refractivity contribution is -0.115. The van der Waals surface area contributed by atoms with Crippen molar-refractivity contribution >= 4 is 40.3 Å². The average Bonchev–Trinajstić information content (AvgIpc) is 2.76. The average molecular weight is 291 g/mol. The summed E-state index contributed by atoms with van der Waals surface area (Å²) >= 11 is 6.27. The number of hydrogen-bond donors (Lipinski definition) is 1. The van der Waals surface area contributed by atoms with Gasteiger partial charge in [0, 0.05) is 6.42 Å². The zero-order valence-electron chi connectivity index (χ0n) is 10.6. The van der Waals surface area contributed by atoms with Gasteiger partial charge in [0.05, 0.1) is 4.91 Å². The third-order valence-electron chi connectivity index (χ3n) is 3.03. The second kappa shape index (κ2) is 4.35. The van der Waals surface area contributed by atoms with Crippen LogP contribution in [0.2, 0.25) is 0 Å². The van der Waals surface area contributed by atoms with Crippen LogP contribution >= 0.6 is 24.0 Å². The molecule has 0 spiro atoms. The summed E-state index contributed by atoms with van der Waals surface area (Å²) in [5.74, 6) is 0.818. The largest absolute Gasteiger partial charge is 0.487 e. The Hall–Kier alpha value is -1.33. The van der Waals surface area contributed by atoms with E-state index in [1.807, 2.05) is 18.2 Å². The number of fused-ring (bicyclic) bond motifs is 1. The third-order valence-corrected chi connectivity index (χ3v) is 4.19. The van der Waals surface area contributed by atoms with E-state index in [2.05, 4.69) is 25.2 Å². The van der Waals surface area contributed by atoms with Crippen LogP contribution in [-0.2, 0) is 11.2 Å². The van der Waals surface area contributed by atoms with Gasteiger partial charge in [-0.05, 0) is 43.2 Å². The minimum atomic E-state index is -0.144. The topological polar surface area (TPSA) is 38.3 Å². The van der Waals surface area contributed by atoms with E-state index in [0.29, 0.717) is 9.23 Å². The maximum absolute atomic E-state index is 11.6. The Morgan fingerprint density at radius 1 is 1.47 bits per heavy atom. The van der Waals surface area contributed by atoms with Crippen LogP contribution in [0.4, 0.5) is 0 Å². The molecule has 1 aromatic carbocycles. The van der Waals surface area contributed by atoms with Crippen LogP contribution in [0, 0.1) is 0 Å². The van der Waals surface area contributed by atoms with Crippen LogP contribution in [-0.4, -0.2) is 15.8 Å². The van der Waals surface area contributed by atoms with Crippen molar-refractivity contribution in [3.8, 4) is 5.75 Å². The number of carbonyl (C=O) groups excluding carboxylic acids is 1. The molecule has 19 heavy (non-hydrogen) atoms. The van der Waals surface area contributed by atoms with E-state index in [-0.39, 0.29) is 11.5 Å². The Balaban J connectivity index is 1.91. The molecule has 3 rings (SSSR count). The predicted octanol–water partition coefficient (Wildman–Crippen LogP) is 2.89. The highest BCUT2D eigenvalue weighted by Crippen LogP contribution is 2.36. The molecule has 0 aliphatic carbocycles. The van der Waals surface area contributed by atoms with Crippen molar-refractivity contribution in [1.82, 2.24) is 5.32 Å². The van der Waals surface area contributed by atoms with Gasteiger partial charge in [0.25, 0.3) is 5.91 Å². The number of ether oxygens (including phenoxy) is 1. The van der Waals surface area contributed by atoms with E-state index in [0.717, 1.165) is 17.7 Å². The second-order valence-electron chi connectivity index (χ2n) is 5.26. The summed E-state index contributed by atoms with van der Waals surface area (Å²) in [7, 11) is 0. The van der Waals surface area contributed by atoms with Crippen molar-refractivity contribution in [3.05, 3.63) is 34.2 Å². The molecule has 1 aromatic rings. The summed E-state index contributed by atoms with van der Waals surface area (Å²) in [5.41, 5.74) is 2.04. The van der Waals surface area contributed by atoms with E-state index < -0.39 is 0 Å². The molecule has 2 aliphatic rings. The fourth-order valence-corrected chi connectivity index (χ4v) is 3.34. The predicted molar refractivity (Wildman–Crippen MR) is 81.2 cm³/mol. The lowest BCUT2D eigenvalue weighted by Crippen LogP contribution is -2.24. The number of rotatable bonds is 1. The Morgan fingerprint density at radius 2 is 2.26 bits per heavy atom. The molecule has 0 unspecified atom stereocenters. The lowest BCUT2D eigenvalue weighted by Gasteiger charge is -2.16. The summed E-state index contributed by atoms with van der Waals surface area (Å²) in [6.45, 7) is 4.15. The van der Waals surface area contributed by atoms with Crippen LogP contribution in [0.25, 0.3) is 6.08 Å². The van der Waals surface area contributed by atoms with Gasteiger partial charge in [0.2, 0.25) is 0 Å². The number of thiocarbonyl (C=S) groups is 1. The molecule has 0 atom stereocenters. The molecule has 5 heteroatoms. The summed E-state index contributed by atoms with van der Waals surface area (Å²) in [4.78, 5) is 12.3. The van der Waals surface area contributed by atoms with Crippen molar-refractivity contribution in [2.24, 2.45) is 0 Å². The highest BCUT2D eigenvalue weighted by atomic mass is 32.2. The van der Waals surface area contributed by atoms with Crippen molar-refractivity contribution in [3.63, 3.8) is 0 Å².